The van der Waals surface area contributed by atoms with E-state index in [4.69, 9.17) is 9.40 Å². The molecule has 3 aromatic heterocycles. The number of hydrogen-bond acceptors (Lipinski definition) is 4. The van der Waals surface area contributed by atoms with E-state index in [1.807, 2.05) is 42.2 Å². The van der Waals surface area contributed by atoms with Gasteiger partial charge in [0.1, 0.15) is 5.52 Å². The van der Waals surface area contributed by atoms with Gasteiger partial charge in [-0.05, 0) is 49.3 Å². The molecular weight excluding hydrogens is 270 g/mol. The van der Waals surface area contributed by atoms with Crippen molar-refractivity contribution in [1.29, 1.82) is 0 Å². The molecule has 3 aromatic rings. The monoisotopic (exact) mass is 285 g/mol. The number of nitrogens with zero attached hydrogens (tertiary/aromatic N) is 3. The van der Waals surface area contributed by atoms with Crippen LogP contribution in [0.4, 0.5) is 0 Å². The van der Waals surface area contributed by atoms with Crippen LogP contribution in [-0.2, 0) is 0 Å². The highest BCUT2D eigenvalue weighted by molar-refractivity contribution is 7.99. The van der Waals surface area contributed by atoms with Gasteiger partial charge in [-0.1, -0.05) is 0 Å². The summed E-state index contributed by atoms with van der Waals surface area (Å²) in [5, 5.41) is 0.406. The van der Waals surface area contributed by atoms with E-state index in [0.717, 1.165) is 22.7 Å². The maximum atomic E-state index is 5.56. The molecule has 4 rings (SSSR count). The molecule has 1 aliphatic rings. The molecule has 0 radical (unpaired) electrons. The van der Waals surface area contributed by atoms with Gasteiger partial charge in [0.15, 0.2) is 17.2 Å². The first-order valence-electron chi connectivity index (χ1n) is 6.92. The quantitative estimate of drug-likeness (QED) is 0.711. The summed E-state index contributed by atoms with van der Waals surface area (Å²) in [6.45, 7) is 0. The summed E-state index contributed by atoms with van der Waals surface area (Å²) in [6.07, 6.45) is 7.26. The Bertz CT molecular complexity index is 714. The summed E-state index contributed by atoms with van der Waals surface area (Å²) in [5.74, 6) is 2.91. The van der Waals surface area contributed by atoms with Crippen LogP contribution >= 0.6 is 11.8 Å². The SMILES string of the molecule is c1coc(-c2nc3cccnc3n2C2CCCCS2)c1. The average molecular weight is 285 g/mol. The van der Waals surface area contributed by atoms with E-state index < -0.39 is 0 Å². The molecule has 0 amide bonds. The number of pyridine rings is 1. The van der Waals surface area contributed by atoms with Crippen LogP contribution in [0, 0.1) is 0 Å². The van der Waals surface area contributed by atoms with Crippen molar-refractivity contribution in [3.8, 4) is 11.6 Å². The molecule has 1 fully saturated rings. The van der Waals surface area contributed by atoms with E-state index in [-0.39, 0.29) is 0 Å². The fourth-order valence-electron chi connectivity index (χ4n) is 2.71. The third-order valence-corrected chi connectivity index (χ3v) is 4.99. The van der Waals surface area contributed by atoms with Crippen LogP contribution < -0.4 is 0 Å². The molecule has 0 spiro atoms. The first-order valence-corrected chi connectivity index (χ1v) is 7.97. The number of hydrogen-bond donors (Lipinski definition) is 0. The molecule has 0 aliphatic carbocycles. The minimum Gasteiger partial charge on any atom is -0.461 e. The molecule has 1 unspecified atom stereocenters. The molecular formula is C15H15N3OS. The lowest BCUT2D eigenvalue weighted by Gasteiger charge is -2.24. The maximum Gasteiger partial charge on any atom is 0.179 e. The van der Waals surface area contributed by atoms with Crippen molar-refractivity contribution in [2.75, 3.05) is 5.75 Å². The molecule has 102 valence electrons. The fraction of sp³-hybridized carbons (Fsp3) is 0.333. The van der Waals surface area contributed by atoms with E-state index in [1.165, 1.54) is 25.0 Å². The molecule has 4 heterocycles. The summed E-state index contributed by atoms with van der Waals surface area (Å²) in [6, 6.07) is 7.81. The molecule has 5 heteroatoms. The average Bonchev–Trinajstić information content (AvgIpc) is 3.15. The summed E-state index contributed by atoms with van der Waals surface area (Å²) in [4.78, 5) is 9.26. The Balaban J connectivity index is 1.93. The molecule has 0 saturated carbocycles. The van der Waals surface area contributed by atoms with E-state index in [1.54, 1.807) is 6.26 Å². The van der Waals surface area contributed by atoms with Gasteiger partial charge in [-0.25, -0.2) is 9.97 Å². The summed E-state index contributed by atoms with van der Waals surface area (Å²) >= 11 is 1.99. The van der Waals surface area contributed by atoms with Gasteiger partial charge in [0.25, 0.3) is 0 Å². The van der Waals surface area contributed by atoms with Crippen LogP contribution in [0.2, 0.25) is 0 Å². The van der Waals surface area contributed by atoms with Gasteiger partial charge in [0, 0.05) is 6.20 Å². The number of imidazole rings is 1. The van der Waals surface area contributed by atoms with Crippen molar-refractivity contribution >= 4 is 22.9 Å². The lowest BCUT2D eigenvalue weighted by Crippen LogP contribution is -2.12. The van der Waals surface area contributed by atoms with Gasteiger partial charge in [-0.2, -0.15) is 0 Å². The number of thioether (sulfide) groups is 1. The highest BCUT2D eigenvalue weighted by Gasteiger charge is 2.24. The van der Waals surface area contributed by atoms with Crippen molar-refractivity contribution in [1.82, 2.24) is 14.5 Å². The molecule has 20 heavy (non-hydrogen) atoms. The molecule has 0 N–H and O–H groups in total. The van der Waals surface area contributed by atoms with Crippen molar-refractivity contribution in [3.63, 3.8) is 0 Å². The van der Waals surface area contributed by atoms with Crippen molar-refractivity contribution in [2.45, 2.75) is 24.6 Å². The third kappa shape index (κ3) is 1.93. The molecule has 0 bridgehead atoms. The Morgan fingerprint density at radius 2 is 2.25 bits per heavy atom. The standard InChI is InChI=1S/C15H15N3OS/c1-2-10-20-13(7-1)18-14-11(5-3-8-16-14)17-15(18)12-6-4-9-19-12/h3-6,8-9,13H,1-2,7,10H2. The lowest BCUT2D eigenvalue weighted by atomic mass is 10.2. The highest BCUT2D eigenvalue weighted by atomic mass is 32.2. The Morgan fingerprint density at radius 1 is 1.25 bits per heavy atom. The van der Waals surface area contributed by atoms with E-state index in [9.17, 15) is 0 Å². The summed E-state index contributed by atoms with van der Waals surface area (Å²) in [5.41, 5.74) is 1.89. The van der Waals surface area contributed by atoms with Gasteiger partial charge in [0.05, 0.1) is 11.6 Å². The van der Waals surface area contributed by atoms with Crippen LogP contribution in [0.15, 0.2) is 41.1 Å². The van der Waals surface area contributed by atoms with Crippen molar-refractivity contribution < 1.29 is 4.42 Å². The van der Waals surface area contributed by atoms with Crippen LogP contribution in [0.1, 0.15) is 24.6 Å². The molecule has 1 aliphatic heterocycles. The second-order valence-electron chi connectivity index (χ2n) is 4.95. The van der Waals surface area contributed by atoms with Gasteiger partial charge in [-0.3, -0.25) is 4.57 Å². The lowest BCUT2D eigenvalue weighted by molar-refractivity contribution is 0.549. The van der Waals surface area contributed by atoms with Crippen LogP contribution in [0.3, 0.4) is 0 Å². The molecule has 1 saturated heterocycles. The molecule has 4 nitrogen and oxygen atoms in total. The maximum absolute atomic E-state index is 5.56. The van der Waals surface area contributed by atoms with Crippen molar-refractivity contribution in [3.05, 3.63) is 36.7 Å². The van der Waals surface area contributed by atoms with Crippen molar-refractivity contribution in [2.24, 2.45) is 0 Å². The Hall–Kier alpha value is -1.75. The first-order chi connectivity index (χ1) is 9.93. The van der Waals surface area contributed by atoms with Gasteiger partial charge < -0.3 is 4.42 Å². The molecule has 1 atom stereocenters. The van der Waals surface area contributed by atoms with Crippen LogP contribution in [-0.4, -0.2) is 20.3 Å². The molecule has 0 aromatic carbocycles. The zero-order chi connectivity index (χ0) is 13.4. The minimum absolute atomic E-state index is 0.406. The van der Waals surface area contributed by atoms with Gasteiger partial charge in [0.2, 0.25) is 0 Å². The number of aromatic nitrogens is 3. The second-order valence-corrected chi connectivity index (χ2v) is 6.24. The van der Waals surface area contributed by atoms with Crippen LogP contribution in [0.5, 0.6) is 0 Å². The van der Waals surface area contributed by atoms with E-state index in [0.29, 0.717) is 5.37 Å². The fourth-order valence-corrected chi connectivity index (χ4v) is 4.03. The normalized spacial score (nSPS) is 19.5. The van der Waals surface area contributed by atoms with E-state index >= 15 is 0 Å². The smallest absolute Gasteiger partial charge is 0.179 e. The zero-order valence-electron chi connectivity index (χ0n) is 11.0. The third-order valence-electron chi connectivity index (χ3n) is 3.63. The topological polar surface area (TPSA) is 43.9 Å². The largest absolute Gasteiger partial charge is 0.461 e. The Kier molecular flexibility index (Phi) is 2.99. The highest BCUT2D eigenvalue weighted by Crippen LogP contribution is 2.39. The van der Waals surface area contributed by atoms with Crippen LogP contribution in [0.25, 0.3) is 22.7 Å². The minimum atomic E-state index is 0.406. The van der Waals surface area contributed by atoms with E-state index in [2.05, 4.69) is 9.55 Å². The van der Waals surface area contributed by atoms with Gasteiger partial charge >= 0.3 is 0 Å². The Morgan fingerprint density at radius 3 is 3.05 bits per heavy atom. The first kappa shape index (κ1) is 12.0. The zero-order valence-corrected chi connectivity index (χ0v) is 11.8. The number of fused-ring (bicyclic) bond motifs is 1. The van der Waals surface area contributed by atoms with Gasteiger partial charge in [-0.15, -0.1) is 11.8 Å². The number of furan rings is 1. The summed E-state index contributed by atoms with van der Waals surface area (Å²) < 4.78 is 7.81. The number of rotatable bonds is 2. The second kappa shape index (κ2) is 4.98. The predicted octanol–water partition coefficient (Wildman–Crippen LogP) is 4.11. The Labute approximate surface area is 121 Å². The summed E-state index contributed by atoms with van der Waals surface area (Å²) in [7, 11) is 0. The predicted molar refractivity (Wildman–Crippen MR) is 80.6 cm³/mol.